The minimum absolute atomic E-state index is 0.0618. The van der Waals surface area contributed by atoms with Gasteiger partial charge in [0.25, 0.3) is 0 Å². The smallest absolute Gasteiger partial charge is 0.131 e. The van der Waals surface area contributed by atoms with Crippen LogP contribution < -0.4 is 10.1 Å². The summed E-state index contributed by atoms with van der Waals surface area (Å²) in [5, 5.41) is 3.33. The van der Waals surface area contributed by atoms with Crippen molar-refractivity contribution in [2.24, 2.45) is 0 Å². The van der Waals surface area contributed by atoms with Crippen LogP contribution in [0, 0.1) is 6.92 Å². The van der Waals surface area contributed by atoms with Crippen molar-refractivity contribution in [3.63, 3.8) is 0 Å². The highest BCUT2D eigenvalue weighted by molar-refractivity contribution is 5.44. The lowest BCUT2D eigenvalue weighted by Gasteiger charge is -2.23. The first-order valence-corrected chi connectivity index (χ1v) is 7.99. The van der Waals surface area contributed by atoms with Gasteiger partial charge in [0.05, 0.1) is 0 Å². The zero-order valence-corrected chi connectivity index (χ0v) is 14.4. The van der Waals surface area contributed by atoms with E-state index in [4.69, 9.17) is 4.74 Å². The van der Waals surface area contributed by atoms with Crippen molar-refractivity contribution in [2.75, 3.05) is 6.54 Å². The summed E-state index contributed by atoms with van der Waals surface area (Å²) in [6.07, 6.45) is 0. The van der Waals surface area contributed by atoms with Crippen LogP contribution in [0.3, 0.4) is 0 Å². The summed E-state index contributed by atoms with van der Waals surface area (Å²) in [4.78, 5) is 0. The van der Waals surface area contributed by atoms with Gasteiger partial charge in [-0.05, 0) is 42.6 Å². The highest BCUT2D eigenvalue weighted by Gasteiger charge is 2.19. The van der Waals surface area contributed by atoms with Crippen molar-refractivity contribution in [3.05, 3.63) is 59.2 Å². The summed E-state index contributed by atoms with van der Waals surface area (Å²) in [6, 6.07) is 14.7. The van der Waals surface area contributed by atoms with E-state index in [0.29, 0.717) is 0 Å². The largest absolute Gasteiger partial charge is 0.457 e. The first kappa shape index (κ1) is 16.6. The maximum atomic E-state index is 6.13. The molecule has 0 saturated heterocycles. The van der Waals surface area contributed by atoms with Crippen LogP contribution in [0.25, 0.3) is 0 Å². The van der Waals surface area contributed by atoms with E-state index in [0.717, 1.165) is 24.6 Å². The van der Waals surface area contributed by atoms with E-state index in [9.17, 15) is 0 Å². The number of nitrogens with one attached hydrogen (secondary N) is 1. The molecule has 0 fully saturated rings. The number of ether oxygens (including phenoxy) is 1. The van der Waals surface area contributed by atoms with Crippen molar-refractivity contribution in [3.8, 4) is 11.5 Å². The predicted molar refractivity (Wildman–Crippen MR) is 93.8 cm³/mol. The molecule has 0 aliphatic heterocycles. The Balaban J connectivity index is 2.20. The minimum atomic E-state index is 0.0618. The molecular weight excluding hydrogens is 270 g/mol. The SMILES string of the molecule is CCNCc1ccc(Oc2ccc(C)cc2C(C)(C)C)cc1. The third kappa shape index (κ3) is 4.35. The maximum Gasteiger partial charge on any atom is 0.131 e. The molecule has 0 amide bonds. The lowest BCUT2D eigenvalue weighted by Crippen LogP contribution is -2.13. The maximum absolute atomic E-state index is 6.13. The summed E-state index contributed by atoms with van der Waals surface area (Å²) in [5.41, 5.74) is 3.84. The molecule has 0 unspecified atom stereocenters. The van der Waals surface area contributed by atoms with E-state index in [2.05, 4.69) is 70.3 Å². The highest BCUT2D eigenvalue weighted by Crippen LogP contribution is 2.34. The van der Waals surface area contributed by atoms with Gasteiger partial charge in [-0.15, -0.1) is 0 Å². The molecule has 1 N–H and O–H groups in total. The topological polar surface area (TPSA) is 21.3 Å². The van der Waals surface area contributed by atoms with E-state index < -0.39 is 0 Å². The number of rotatable bonds is 5. The Bertz CT molecular complexity index is 609. The zero-order chi connectivity index (χ0) is 16.2. The fourth-order valence-electron chi connectivity index (χ4n) is 2.39. The summed E-state index contributed by atoms with van der Waals surface area (Å²) >= 11 is 0. The first-order chi connectivity index (χ1) is 10.4. The van der Waals surface area contributed by atoms with Crippen LogP contribution in [-0.4, -0.2) is 6.54 Å². The quantitative estimate of drug-likeness (QED) is 0.819. The van der Waals surface area contributed by atoms with E-state index in [1.807, 2.05) is 12.1 Å². The van der Waals surface area contributed by atoms with Gasteiger partial charge in [-0.2, -0.15) is 0 Å². The van der Waals surface area contributed by atoms with Crippen LogP contribution >= 0.6 is 0 Å². The Kier molecular flexibility index (Phi) is 5.25. The van der Waals surface area contributed by atoms with Crippen LogP contribution in [0.5, 0.6) is 11.5 Å². The average molecular weight is 297 g/mol. The van der Waals surface area contributed by atoms with Crippen molar-refractivity contribution >= 4 is 0 Å². The average Bonchev–Trinajstić information content (AvgIpc) is 2.47. The van der Waals surface area contributed by atoms with Gasteiger partial charge in [0.15, 0.2) is 0 Å². The van der Waals surface area contributed by atoms with E-state index in [1.165, 1.54) is 16.7 Å². The Labute approximate surface area is 134 Å². The van der Waals surface area contributed by atoms with Crippen LogP contribution in [0.4, 0.5) is 0 Å². The Hall–Kier alpha value is -1.80. The molecule has 0 heterocycles. The van der Waals surface area contributed by atoms with Crippen molar-refractivity contribution in [1.82, 2.24) is 5.32 Å². The lowest BCUT2D eigenvalue weighted by atomic mass is 9.85. The van der Waals surface area contributed by atoms with E-state index in [1.54, 1.807) is 0 Å². The molecule has 0 aliphatic carbocycles. The molecule has 0 aromatic heterocycles. The summed E-state index contributed by atoms with van der Waals surface area (Å²) < 4.78 is 6.13. The van der Waals surface area contributed by atoms with Crippen molar-refractivity contribution in [1.29, 1.82) is 0 Å². The monoisotopic (exact) mass is 297 g/mol. The normalized spacial score (nSPS) is 11.5. The van der Waals surface area contributed by atoms with Gasteiger partial charge in [0.1, 0.15) is 11.5 Å². The Morgan fingerprint density at radius 3 is 2.27 bits per heavy atom. The number of hydrogen-bond acceptors (Lipinski definition) is 2. The summed E-state index contributed by atoms with van der Waals surface area (Å²) in [7, 11) is 0. The molecule has 2 heteroatoms. The van der Waals surface area contributed by atoms with Crippen LogP contribution in [-0.2, 0) is 12.0 Å². The second kappa shape index (κ2) is 6.97. The molecule has 2 aromatic rings. The standard InChI is InChI=1S/C20H27NO/c1-6-21-14-16-8-10-17(11-9-16)22-19-12-7-15(2)13-18(19)20(3,4)5/h7-13,21H,6,14H2,1-5H3. The molecule has 22 heavy (non-hydrogen) atoms. The van der Waals surface area contributed by atoms with Crippen LogP contribution in [0.2, 0.25) is 0 Å². The van der Waals surface area contributed by atoms with Crippen molar-refractivity contribution < 1.29 is 4.74 Å². The van der Waals surface area contributed by atoms with Gasteiger partial charge < -0.3 is 10.1 Å². The predicted octanol–water partition coefficient (Wildman–Crippen LogP) is 5.19. The number of hydrogen-bond donors (Lipinski definition) is 1. The molecule has 2 rings (SSSR count). The van der Waals surface area contributed by atoms with Crippen LogP contribution in [0.1, 0.15) is 44.4 Å². The van der Waals surface area contributed by atoms with Gasteiger partial charge in [-0.3, -0.25) is 0 Å². The van der Waals surface area contributed by atoms with Gasteiger partial charge in [0.2, 0.25) is 0 Å². The molecular formula is C20H27NO. The van der Waals surface area contributed by atoms with Gasteiger partial charge >= 0.3 is 0 Å². The van der Waals surface area contributed by atoms with Gasteiger partial charge in [-0.25, -0.2) is 0 Å². The lowest BCUT2D eigenvalue weighted by molar-refractivity contribution is 0.455. The third-order valence-electron chi connectivity index (χ3n) is 3.67. The second-order valence-corrected chi connectivity index (χ2v) is 6.78. The number of benzene rings is 2. The molecule has 2 aromatic carbocycles. The molecule has 0 saturated carbocycles. The molecule has 0 atom stereocenters. The van der Waals surface area contributed by atoms with E-state index >= 15 is 0 Å². The third-order valence-corrected chi connectivity index (χ3v) is 3.67. The zero-order valence-electron chi connectivity index (χ0n) is 14.4. The highest BCUT2D eigenvalue weighted by atomic mass is 16.5. The fraction of sp³-hybridized carbons (Fsp3) is 0.400. The van der Waals surface area contributed by atoms with Gasteiger partial charge in [0, 0.05) is 12.1 Å². The van der Waals surface area contributed by atoms with Crippen molar-refractivity contribution in [2.45, 2.75) is 46.6 Å². The summed E-state index contributed by atoms with van der Waals surface area (Å²) in [5.74, 6) is 1.83. The van der Waals surface area contributed by atoms with Crippen LogP contribution in [0.15, 0.2) is 42.5 Å². The Morgan fingerprint density at radius 2 is 1.68 bits per heavy atom. The molecule has 0 radical (unpaired) electrons. The fourth-order valence-corrected chi connectivity index (χ4v) is 2.39. The molecule has 0 spiro atoms. The van der Waals surface area contributed by atoms with Gasteiger partial charge in [-0.1, -0.05) is 57.5 Å². The molecule has 2 nitrogen and oxygen atoms in total. The second-order valence-electron chi connectivity index (χ2n) is 6.78. The minimum Gasteiger partial charge on any atom is -0.457 e. The first-order valence-electron chi connectivity index (χ1n) is 7.99. The Morgan fingerprint density at radius 1 is 1.00 bits per heavy atom. The number of aryl methyl sites for hydroxylation is 1. The van der Waals surface area contributed by atoms with E-state index in [-0.39, 0.29) is 5.41 Å². The molecule has 0 bridgehead atoms. The molecule has 118 valence electrons. The molecule has 0 aliphatic rings. The summed E-state index contributed by atoms with van der Waals surface area (Å²) in [6.45, 7) is 12.8.